The minimum Gasteiger partial charge on any atom is -0.449 e. The molecule has 1 atom stereocenters. The maximum atomic E-state index is 11.8. The van der Waals surface area contributed by atoms with Crippen LogP contribution in [0.1, 0.15) is 43.7 Å². The number of hydrogen-bond donors (Lipinski definition) is 2. The highest BCUT2D eigenvalue weighted by atomic mass is 16.6. The molecule has 0 saturated carbocycles. The average Bonchev–Trinajstić information content (AvgIpc) is 3.40. The predicted octanol–water partition coefficient (Wildman–Crippen LogP) is 3.58. The fourth-order valence-corrected chi connectivity index (χ4v) is 5.47. The smallest absolute Gasteiger partial charge is 0.409 e. The lowest BCUT2D eigenvalue weighted by Crippen LogP contribution is -2.50. The third-order valence-corrected chi connectivity index (χ3v) is 7.53. The Hall–Kier alpha value is -3.58. The van der Waals surface area contributed by atoms with Crippen molar-refractivity contribution in [1.29, 1.82) is 5.26 Å². The molecule has 196 valence electrons. The molecule has 5 rings (SSSR count). The van der Waals surface area contributed by atoms with Gasteiger partial charge in [-0.15, -0.1) is 0 Å². The Balaban J connectivity index is 1.22. The standard InChI is InChI=1S/C27H36N8O2/c1-2-20-16-22(35-14-13-33-10-3-6-23(33)19-35)7-8-24(20)31-26-30-18-21(17-28)25(32-26)29-9-4-11-34-12-5-15-37-27(34)36/h7-8,16,18,23H,2-6,9-15,19H2,1H3,(H2,29,30,31,32)/t23-/m1/s1. The number of carbonyl (C=O) groups excluding carboxylic acids is 1. The van der Waals surface area contributed by atoms with Gasteiger partial charge in [-0.3, -0.25) is 4.90 Å². The van der Waals surface area contributed by atoms with Gasteiger partial charge in [-0.2, -0.15) is 10.2 Å². The van der Waals surface area contributed by atoms with Crippen molar-refractivity contribution < 1.29 is 9.53 Å². The van der Waals surface area contributed by atoms with Crippen LogP contribution in [-0.4, -0.2) is 84.3 Å². The molecule has 0 spiro atoms. The van der Waals surface area contributed by atoms with E-state index in [1.807, 2.05) is 0 Å². The lowest BCUT2D eigenvalue weighted by atomic mass is 10.1. The van der Waals surface area contributed by atoms with Crippen molar-refractivity contribution in [3.8, 4) is 6.07 Å². The normalized spacial score (nSPS) is 19.8. The summed E-state index contributed by atoms with van der Waals surface area (Å²) in [5, 5.41) is 16.1. The van der Waals surface area contributed by atoms with Crippen LogP contribution in [0.15, 0.2) is 24.4 Å². The second-order valence-corrected chi connectivity index (χ2v) is 9.90. The molecular formula is C27H36N8O2. The summed E-state index contributed by atoms with van der Waals surface area (Å²) in [6.45, 7) is 9.11. The second-order valence-electron chi connectivity index (χ2n) is 9.90. The largest absolute Gasteiger partial charge is 0.449 e. The van der Waals surface area contributed by atoms with Crippen molar-refractivity contribution in [3.63, 3.8) is 0 Å². The number of anilines is 4. The van der Waals surface area contributed by atoms with Gasteiger partial charge in [-0.25, -0.2) is 9.78 Å². The summed E-state index contributed by atoms with van der Waals surface area (Å²) < 4.78 is 5.08. The number of nitrogens with one attached hydrogen (secondary N) is 2. The van der Waals surface area contributed by atoms with Crippen molar-refractivity contribution in [3.05, 3.63) is 35.5 Å². The van der Waals surface area contributed by atoms with Crippen LogP contribution in [0.25, 0.3) is 0 Å². The number of ether oxygens (including phenoxy) is 1. The first-order chi connectivity index (χ1) is 18.1. The highest BCUT2D eigenvalue weighted by Crippen LogP contribution is 2.30. The van der Waals surface area contributed by atoms with Gasteiger partial charge in [0, 0.05) is 56.7 Å². The molecule has 10 nitrogen and oxygen atoms in total. The Labute approximate surface area is 218 Å². The Morgan fingerprint density at radius 1 is 1.22 bits per heavy atom. The molecule has 0 bridgehead atoms. The monoisotopic (exact) mass is 504 g/mol. The van der Waals surface area contributed by atoms with E-state index in [2.05, 4.69) is 61.6 Å². The van der Waals surface area contributed by atoms with Crippen molar-refractivity contribution in [2.45, 2.75) is 45.1 Å². The van der Waals surface area contributed by atoms with E-state index in [1.54, 1.807) is 11.1 Å². The van der Waals surface area contributed by atoms with Gasteiger partial charge in [-0.05, 0) is 62.4 Å². The predicted molar refractivity (Wildman–Crippen MR) is 143 cm³/mol. The molecule has 3 saturated heterocycles. The number of aryl methyl sites for hydroxylation is 1. The number of cyclic esters (lactones) is 1. The number of nitriles is 1. The van der Waals surface area contributed by atoms with Crippen LogP contribution >= 0.6 is 0 Å². The molecular weight excluding hydrogens is 468 g/mol. The van der Waals surface area contributed by atoms with Gasteiger partial charge in [0.05, 0.1) is 12.8 Å². The third-order valence-electron chi connectivity index (χ3n) is 7.53. The quantitative estimate of drug-likeness (QED) is 0.495. The molecule has 37 heavy (non-hydrogen) atoms. The Kier molecular flexibility index (Phi) is 7.90. The number of hydrogen-bond acceptors (Lipinski definition) is 9. The molecule has 2 N–H and O–H groups in total. The van der Waals surface area contributed by atoms with Crippen LogP contribution in [0.2, 0.25) is 0 Å². The molecule has 1 aromatic carbocycles. The van der Waals surface area contributed by atoms with E-state index in [0.29, 0.717) is 43.1 Å². The number of fused-ring (bicyclic) bond motifs is 1. The maximum Gasteiger partial charge on any atom is 0.409 e. The highest BCUT2D eigenvalue weighted by Gasteiger charge is 2.30. The lowest BCUT2D eigenvalue weighted by molar-refractivity contribution is 0.0729. The Morgan fingerprint density at radius 2 is 2.14 bits per heavy atom. The average molecular weight is 505 g/mol. The number of aromatic nitrogens is 2. The fraction of sp³-hybridized carbons (Fsp3) is 0.556. The molecule has 4 heterocycles. The number of nitrogens with zero attached hydrogens (tertiary/aromatic N) is 6. The minimum absolute atomic E-state index is 0.254. The molecule has 10 heteroatoms. The molecule has 3 aliphatic heterocycles. The van der Waals surface area contributed by atoms with Crippen LogP contribution < -0.4 is 15.5 Å². The van der Waals surface area contributed by atoms with Crippen LogP contribution in [-0.2, 0) is 11.2 Å². The zero-order valence-corrected chi connectivity index (χ0v) is 21.6. The van der Waals surface area contributed by atoms with Crippen molar-refractivity contribution in [1.82, 2.24) is 19.8 Å². The maximum absolute atomic E-state index is 11.8. The van der Waals surface area contributed by atoms with E-state index in [1.165, 1.54) is 30.6 Å². The fourth-order valence-electron chi connectivity index (χ4n) is 5.47. The third kappa shape index (κ3) is 5.88. The summed E-state index contributed by atoms with van der Waals surface area (Å²) >= 11 is 0. The molecule has 0 aliphatic carbocycles. The Bertz CT molecular complexity index is 1150. The zero-order chi connectivity index (χ0) is 25.6. The number of piperazine rings is 1. The summed E-state index contributed by atoms with van der Waals surface area (Å²) in [4.78, 5) is 27.6. The Morgan fingerprint density at radius 3 is 2.97 bits per heavy atom. The van der Waals surface area contributed by atoms with E-state index in [0.717, 1.165) is 51.1 Å². The lowest BCUT2D eigenvalue weighted by Gasteiger charge is -2.39. The molecule has 0 unspecified atom stereocenters. The van der Waals surface area contributed by atoms with Gasteiger partial charge >= 0.3 is 6.09 Å². The summed E-state index contributed by atoms with van der Waals surface area (Å²) in [7, 11) is 0. The minimum atomic E-state index is -0.254. The van der Waals surface area contributed by atoms with E-state index >= 15 is 0 Å². The van der Waals surface area contributed by atoms with Gasteiger partial charge in [0.2, 0.25) is 5.95 Å². The van der Waals surface area contributed by atoms with Crippen molar-refractivity contribution >= 4 is 29.2 Å². The van der Waals surface area contributed by atoms with Crippen LogP contribution in [0.4, 0.5) is 27.9 Å². The van der Waals surface area contributed by atoms with Crippen LogP contribution in [0.5, 0.6) is 0 Å². The summed E-state index contributed by atoms with van der Waals surface area (Å²) in [5.74, 6) is 0.938. The molecule has 3 aliphatic rings. The first-order valence-corrected chi connectivity index (χ1v) is 13.5. The van der Waals surface area contributed by atoms with E-state index in [9.17, 15) is 10.1 Å². The number of benzene rings is 1. The molecule has 2 aromatic rings. The summed E-state index contributed by atoms with van der Waals surface area (Å²) in [6, 6.07) is 9.41. The van der Waals surface area contributed by atoms with E-state index in [4.69, 9.17) is 4.74 Å². The van der Waals surface area contributed by atoms with E-state index < -0.39 is 0 Å². The summed E-state index contributed by atoms with van der Waals surface area (Å²) in [6.07, 6.45) is 6.38. The van der Waals surface area contributed by atoms with Crippen LogP contribution in [0.3, 0.4) is 0 Å². The van der Waals surface area contributed by atoms with Crippen LogP contribution in [0, 0.1) is 11.3 Å². The highest BCUT2D eigenvalue weighted by molar-refractivity contribution is 5.68. The number of carbonyl (C=O) groups is 1. The first kappa shape index (κ1) is 25.1. The van der Waals surface area contributed by atoms with E-state index in [-0.39, 0.29) is 6.09 Å². The number of rotatable bonds is 9. The topological polar surface area (TPSA) is 110 Å². The molecule has 0 radical (unpaired) electrons. The molecule has 1 aromatic heterocycles. The van der Waals surface area contributed by atoms with Gasteiger partial charge < -0.3 is 25.2 Å². The van der Waals surface area contributed by atoms with Gasteiger partial charge in [0.1, 0.15) is 17.5 Å². The summed E-state index contributed by atoms with van der Waals surface area (Å²) in [5.41, 5.74) is 3.85. The molecule has 1 amide bonds. The van der Waals surface area contributed by atoms with Crippen molar-refractivity contribution in [2.75, 3.05) is 68.0 Å². The second kappa shape index (κ2) is 11.6. The van der Waals surface area contributed by atoms with Gasteiger partial charge in [-0.1, -0.05) is 6.92 Å². The zero-order valence-electron chi connectivity index (χ0n) is 21.6. The SMILES string of the molecule is CCc1cc(N2CCN3CCC[C@@H]3C2)ccc1Nc1ncc(C#N)c(NCCCN2CCCOC2=O)n1. The number of amides is 1. The first-order valence-electron chi connectivity index (χ1n) is 13.5. The van der Waals surface area contributed by atoms with Gasteiger partial charge in [0.25, 0.3) is 0 Å². The molecule has 3 fully saturated rings. The van der Waals surface area contributed by atoms with Crippen molar-refractivity contribution in [2.24, 2.45) is 0 Å². The van der Waals surface area contributed by atoms with Gasteiger partial charge in [0.15, 0.2) is 0 Å².